The molecule has 26 heavy (non-hydrogen) atoms. The molecule has 8 heteroatoms. The van der Waals surface area contributed by atoms with Crippen molar-refractivity contribution >= 4 is 5.91 Å². The number of benzene rings is 1. The van der Waals surface area contributed by atoms with Gasteiger partial charge in [0, 0.05) is 36.6 Å². The molecule has 2 aromatic heterocycles. The van der Waals surface area contributed by atoms with E-state index >= 15 is 0 Å². The van der Waals surface area contributed by atoms with Gasteiger partial charge in [0.05, 0.1) is 30.6 Å². The van der Waals surface area contributed by atoms with Crippen molar-refractivity contribution in [2.75, 3.05) is 13.1 Å². The third-order valence-electron chi connectivity index (χ3n) is 5.10. The second-order valence-electron chi connectivity index (χ2n) is 6.65. The summed E-state index contributed by atoms with van der Waals surface area (Å²) in [5, 5.41) is 8.17. The van der Waals surface area contributed by atoms with E-state index in [9.17, 15) is 4.79 Å². The van der Waals surface area contributed by atoms with Gasteiger partial charge in [0.25, 0.3) is 5.91 Å². The van der Waals surface area contributed by atoms with Crippen LogP contribution in [0.15, 0.2) is 42.9 Å². The Kier molecular flexibility index (Phi) is 3.56. The van der Waals surface area contributed by atoms with Crippen LogP contribution in [0.1, 0.15) is 28.5 Å². The predicted molar refractivity (Wildman–Crippen MR) is 92.2 cm³/mol. The Morgan fingerprint density at radius 3 is 3.19 bits per heavy atom. The fraction of sp³-hybridized carbons (Fsp3) is 0.333. The van der Waals surface area contributed by atoms with E-state index in [1.54, 1.807) is 18.6 Å². The van der Waals surface area contributed by atoms with Crippen molar-refractivity contribution in [2.45, 2.75) is 25.2 Å². The molecule has 0 aliphatic carbocycles. The maximum absolute atomic E-state index is 13.1. The summed E-state index contributed by atoms with van der Waals surface area (Å²) in [5.74, 6) is 0.774. The molecule has 1 saturated heterocycles. The molecule has 0 bridgehead atoms. The lowest BCUT2D eigenvalue weighted by molar-refractivity contribution is -0.0605. The highest BCUT2D eigenvalue weighted by Crippen LogP contribution is 2.30. The molecule has 1 aromatic carbocycles. The molecule has 0 saturated carbocycles. The number of likely N-dealkylation sites (tertiary alicyclic amines) is 1. The van der Waals surface area contributed by atoms with Crippen LogP contribution in [0.25, 0.3) is 11.4 Å². The Bertz CT molecular complexity index is 935. The smallest absolute Gasteiger partial charge is 0.253 e. The van der Waals surface area contributed by atoms with Crippen LogP contribution < -0.4 is 0 Å². The topological polar surface area (TPSA) is 88.9 Å². The summed E-state index contributed by atoms with van der Waals surface area (Å²) in [6, 6.07) is 7.58. The Labute approximate surface area is 149 Å². The molecule has 8 nitrogen and oxygen atoms in total. The number of imidazole rings is 1. The molecule has 1 N–H and O–H groups in total. The second-order valence-corrected chi connectivity index (χ2v) is 6.65. The van der Waals surface area contributed by atoms with Crippen LogP contribution in [0.4, 0.5) is 0 Å². The van der Waals surface area contributed by atoms with E-state index in [-0.39, 0.29) is 18.1 Å². The van der Waals surface area contributed by atoms with E-state index in [1.165, 1.54) is 0 Å². The van der Waals surface area contributed by atoms with Crippen LogP contribution in [-0.2, 0) is 11.3 Å². The monoisotopic (exact) mass is 350 g/mol. The third-order valence-corrected chi connectivity index (χ3v) is 5.10. The van der Waals surface area contributed by atoms with Crippen molar-refractivity contribution in [1.82, 2.24) is 29.9 Å². The van der Waals surface area contributed by atoms with Gasteiger partial charge in [-0.15, -0.1) is 5.10 Å². The fourth-order valence-corrected chi connectivity index (χ4v) is 3.77. The second kappa shape index (κ2) is 6.06. The minimum atomic E-state index is 0.0177. The van der Waals surface area contributed by atoms with Crippen LogP contribution in [0.2, 0.25) is 0 Å². The number of aromatic nitrogens is 5. The summed E-state index contributed by atoms with van der Waals surface area (Å²) in [7, 11) is 0. The van der Waals surface area contributed by atoms with E-state index in [2.05, 4.69) is 20.3 Å². The van der Waals surface area contributed by atoms with Gasteiger partial charge in [-0.1, -0.05) is 17.3 Å². The number of carbonyl (C=O) groups is 1. The zero-order valence-electron chi connectivity index (χ0n) is 14.1. The van der Waals surface area contributed by atoms with E-state index in [0.29, 0.717) is 25.3 Å². The predicted octanol–water partition coefficient (Wildman–Crippen LogP) is 1.65. The lowest BCUT2D eigenvalue weighted by atomic mass is 9.99. The van der Waals surface area contributed by atoms with Gasteiger partial charge in [0.15, 0.2) is 0 Å². The lowest BCUT2D eigenvalue weighted by Crippen LogP contribution is -2.49. The first-order chi connectivity index (χ1) is 12.8. The number of piperidine rings is 1. The van der Waals surface area contributed by atoms with Crippen LogP contribution in [0.3, 0.4) is 0 Å². The summed E-state index contributed by atoms with van der Waals surface area (Å²) in [5.41, 5.74) is 2.52. The van der Waals surface area contributed by atoms with Gasteiger partial charge in [0.2, 0.25) is 0 Å². The van der Waals surface area contributed by atoms with E-state index in [0.717, 1.165) is 23.5 Å². The fourth-order valence-electron chi connectivity index (χ4n) is 3.77. The number of hydrogen-bond donors (Lipinski definition) is 1. The van der Waals surface area contributed by atoms with Gasteiger partial charge in [-0.2, -0.15) is 0 Å². The van der Waals surface area contributed by atoms with Crippen LogP contribution in [0, 0.1) is 0 Å². The van der Waals surface area contributed by atoms with Crippen LogP contribution in [-0.4, -0.2) is 55.0 Å². The van der Waals surface area contributed by atoms with Crippen molar-refractivity contribution < 1.29 is 9.53 Å². The number of amides is 1. The summed E-state index contributed by atoms with van der Waals surface area (Å²) in [6.07, 6.45) is 6.08. The summed E-state index contributed by atoms with van der Waals surface area (Å²) >= 11 is 0. The van der Waals surface area contributed by atoms with Crippen molar-refractivity contribution in [3.63, 3.8) is 0 Å². The molecule has 1 fully saturated rings. The summed E-state index contributed by atoms with van der Waals surface area (Å²) < 4.78 is 7.83. The lowest BCUT2D eigenvalue weighted by Gasteiger charge is -2.41. The number of aromatic amines is 1. The number of carbonyl (C=O) groups excluding carboxylic acids is 1. The number of nitrogens with zero attached hydrogens (tertiary/aromatic N) is 5. The standard InChI is InChI=1S/C18H18N6O2/c25-18(13-3-1-2-12(8-13)17-19-5-6-20-17)23-7-4-16-15(10-23)24-14(11-26-16)9-21-22-24/h1-3,5-6,8-9,15-16H,4,7,10-11H2,(H,19,20)/t15-,16-/m0/s1. The number of fused-ring (bicyclic) bond motifs is 3. The van der Waals surface area contributed by atoms with Gasteiger partial charge in [-0.05, 0) is 18.6 Å². The Morgan fingerprint density at radius 2 is 2.31 bits per heavy atom. The minimum absolute atomic E-state index is 0.0177. The molecule has 1 amide bonds. The average molecular weight is 350 g/mol. The first-order valence-corrected chi connectivity index (χ1v) is 8.69. The molecule has 0 radical (unpaired) electrons. The van der Waals surface area contributed by atoms with E-state index in [4.69, 9.17) is 4.74 Å². The zero-order valence-corrected chi connectivity index (χ0v) is 14.1. The molecule has 132 valence electrons. The Morgan fingerprint density at radius 1 is 1.35 bits per heavy atom. The van der Waals surface area contributed by atoms with Gasteiger partial charge in [0.1, 0.15) is 5.82 Å². The summed E-state index contributed by atoms with van der Waals surface area (Å²) in [6.45, 7) is 1.78. The average Bonchev–Trinajstić information content (AvgIpc) is 3.39. The normalized spacial score (nSPS) is 21.9. The number of ether oxygens (including phenoxy) is 1. The van der Waals surface area contributed by atoms with Crippen molar-refractivity contribution in [3.8, 4) is 11.4 Å². The molecular weight excluding hydrogens is 332 g/mol. The van der Waals surface area contributed by atoms with Gasteiger partial charge < -0.3 is 14.6 Å². The first-order valence-electron chi connectivity index (χ1n) is 8.69. The van der Waals surface area contributed by atoms with Gasteiger partial charge >= 0.3 is 0 Å². The maximum Gasteiger partial charge on any atom is 0.253 e. The molecule has 2 atom stereocenters. The van der Waals surface area contributed by atoms with Crippen molar-refractivity contribution in [2.24, 2.45) is 0 Å². The molecular formula is C18H18N6O2. The SMILES string of the molecule is O=C(c1cccc(-c2ncc[nH]2)c1)N1CC[C@@H]2OCc3cnnn3[C@H]2C1. The molecule has 5 rings (SSSR count). The molecule has 4 heterocycles. The quantitative estimate of drug-likeness (QED) is 0.759. The molecule has 0 spiro atoms. The summed E-state index contributed by atoms with van der Waals surface area (Å²) in [4.78, 5) is 22.3. The molecule has 3 aromatic rings. The maximum atomic E-state index is 13.1. The van der Waals surface area contributed by atoms with Crippen molar-refractivity contribution in [3.05, 3.63) is 54.1 Å². The molecule has 0 unspecified atom stereocenters. The van der Waals surface area contributed by atoms with E-state index in [1.807, 2.05) is 33.8 Å². The number of rotatable bonds is 2. The van der Waals surface area contributed by atoms with Crippen LogP contribution in [0.5, 0.6) is 0 Å². The Hall–Kier alpha value is -3.00. The van der Waals surface area contributed by atoms with Gasteiger partial charge in [-0.25, -0.2) is 9.67 Å². The Balaban J connectivity index is 1.40. The third kappa shape index (κ3) is 2.50. The van der Waals surface area contributed by atoms with Crippen molar-refractivity contribution in [1.29, 1.82) is 0 Å². The van der Waals surface area contributed by atoms with Gasteiger partial charge in [-0.3, -0.25) is 4.79 Å². The molecule has 2 aliphatic rings. The van der Waals surface area contributed by atoms with E-state index < -0.39 is 0 Å². The highest BCUT2D eigenvalue weighted by Gasteiger charge is 2.38. The number of nitrogens with one attached hydrogen (secondary N) is 1. The minimum Gasteiger partial charge on any atom is -0.370 e. The number of H-pyrrole nitrogens is 1. The van der Waals surface area contributed by atoms with Crippen LogP contribution >= 0.6 is 0 Å². The first kappa shape index (κ1) is 15.3. The largest absolute Gasteiger partial charge is 0.370 e. The number of hydrogen-bond acceptors (Lipinski definition) is 5. The zero-order chi connectivity index (χ0) is 17.5. The highest BCUT2D eigenvalue weighted by molar-refractivity contribution is 5.95. The molecule has 2 aliphatic heterocycles. The highest BCUT2D eigenvalue weighted by atomic mass is 16.5.